The van der Waals surface area contributed by atoms with Crippen LogP contribution in [0.2, 0.25) is 10.3 Å². The summed E-state index contributed by atoms with van der Waals surface area (Å²) in [5, 5.41) is 0.899. The highest BCUT2D eigenvalue weighted by Crippen LogP contribution is 2.28. The van der Waals surface area contributed by atoms with Crippen molar-refractivity contribution < 1.29 is 0 Å². The van der Waals surface area contributed by atoms with E-state index in [-0.39, 0.29) is 11.3 Å². The minimum absolute atomic E-state index is 0.213. The first-order chi connectivity index (χ1) is 13.1. The Bertz CT molecular complexity index is 936. The van der Waals surface area contributed by atoms with E-state index in [4.69, 9.17) is 23.2 Å². The third-order valence-corrected chi connectivity index (χ3v) is 5.07. The molecule has 1 unspecified atom stereocenters. The molecule has 1 fully saturated rings. The molecule has 0 amide bonds. The van der Waals surface area contributed by atoms with Gasteiger partial charge in [-0.15, -0.1) is 0 Å². The lowest BCUT2D eigenvalue weighted by Gasteiger charge is -2.41. The van der Waals surface area contributed by atoms with Crippen LogP contribution in [-0.2, 0) is 0 Å². The summed E-state index contributed by atoms with van der Waals surface area (Å²) >= 11 is 12.5. The molecule has 0 bridgehead atoms. The van der Waals surface area contributed by atoms with Crippen molar-refractivity contribution in [2.24, 2.45) is 0 Å². The maximum absolute atomic E-state index is 6.31. The Balaban J connectivity index is 1.58. The molecule has 3 aromatic rings. The van der Waals surface area contributed by atoms with Gasteiger partial charge in [0, 0.05) is 55.9 Å². The molecule has 1 atom stereocenters. The highest BCUT2D eigenvalue weighted by molar-refractivity contribution is 6.32. The number of aromatic nitrogens is 4. The Labute approximate surface area is 167 Å². The minimum Gasteiger partial charge on any atom is -0.352 e. The average Bonchev–Trinajstić information content (AvgIpc) is 2.68. The number of halogens is 2. The molecule has 0 aromatic carbocycles. The molecule has 0 spiro atoms. The first-order valence-electron chi connectivity index (χ1n) is 8.69. The number of anilines is 2. The van der Waals surface area contributed by atoms with Crippen LogP contribution in [-0.4, -0.2) is 45.6 Å². The Morgan fingerprint density at radius 1 is 1.07 bits per heavy atom. The smallest absolute Gasteiger partial charge is 0.224 e. The Kier molecular flexibility index (Phi) is 5.09. The second-order valence-electron chi connectivity index (χ2n) is 6.42. The molecule has 4 heterocycles. The highest BCUT2D eigenvalue weighted by atomic mass is 35.5. The van der Waals surface area contributed by atoms with Crippen molar-refractivity contribution in [2.75, 3.05) is 29.4 Å². The van der Waals surface area contributed by atoms with E-state index >= 15 is 0 Å². The maximum atomic E-state index is 6.31. The third-order valence-electron chi connectivity index (χ3n) is 4.60. The normalized spacial score (nSPS) is 17.2. The summed E-state index contributed by atoms with van der Waals surface area (Å²) in [5.41, 5.74) is 1.68. The zero-order valence-electron chi connectivity index (χ0n) is 14.8. The fourth-order valence-corrected chi connectivity index (χ4v) is 3.73. The van der Waals surface area contributed by atoms with Crippen LogP contribution < -0.4 is 9.80 Å². The van der Waals surface area contributed by atoms with E-state index in [0.717, 1.165) is 42.5 Å². The topological polar surface area (TPSA) is 58.0 Å². The van der Waals surface area contributed by atoms with E-state index < -0.39 is 0 Å². The first kappa shape index (κ1) is 17.9. The molecule has 0 N–H and O–H groups in total. The van der Waals surface area contributed by atoms with Crippen molar-refractivity contribution in [3.63, 3.8) is 0 Å². The van der Waals surface area contributed by atoms with Gasteiger partial charge < -0.3 is 9.80 Å². The lowest BCUT2D eigenvalue weighted by Crippen LogP contribution is -2.52. The number of hydrogen-bond donors (Lipinski definition) is 0. The van der Waals surface area contributed by atoms with Crippen molar-refractivity contribution in [2.45, 2.75) is 13.0 Å². The van der Waals surface area contributed by atoms with Gasteiger partial charge in [-0.1, -0.05) is 11.6 Å². The van der Waals surface area contributed by atoms with Crippen LogP contribution in [0, 0.1) is 0 Å². The quantitative estimate of drug-likeness (QED) is 0.620. The molecular weight excluding hydrogens is 383 g/mol. The number of nitrogens with zero attached hydrogens (tertiary/aromatic N) is 6. The van der Waals surface area contributed by atoms with Crippen molar-refractivity contribution in [1.29, 1.82) is 0 Å². The largest absolute Gasteiger partial charge is 0.352 e. The highest BCUT2D eigenvalue weighted by Gasteiger charge is 2.27. The van der Waals surface area contributed by atoms with E-state index in [0.29, 0.717) is 5.02 Å². The summed E-state index contributed by atoms with van der Waals surface area (Å²) in [6, 6.07) is 9.72. The summed E-state index contributed by atoms with van der Waals surface area (Å²) in [5.74, 6) is 1.63. The molecule has 138 valence electrons. The Hall–Kier alpha value is -2.44. The van der Waals surface area contributed by atoms with Crippen LogP contribution in [0.4, 0.5) is 11.6 Å². The predicted molar refractivity (Wildman–Crippen MR) is 109 cm³/mol. The summed E-state index contributed by atoms with van der Waals surface area (Å²) in [6.45, 7) is 4.53. The Morgan fingerprint density at radius 2 is 1.93 bits per heavy atom. The second-order valence-corrected chi connectivity index (χ2v) is 7.16. The molecule has 1 aliphatic heterocycles. The van der Waals surface area contributed by atoms with Crippen LogP contribution in [0.1, 0.15) is 6.92 Å². The fraction of sp³-hybridized carbons (Fsp3) is 0.263. The second kappa shape index (κ2) is 7.66. The zero-order chi connectivity index (χ0) is 18.8. The first-order valence-corrected chi connectivity index (χ1v) is 9.44. The standard InChI is InChI=1S/C19H18Cl2N6/c1-13-12-26(18-15(20)5-3-7-23-18)8-9-27(13)17-10-16(24-19(21)25-17)14-4-2-6-22-11-14/h2-7,10-11,13H,8-9,12H2,1H3. The van der Waals surface area contributed by atoms with E-state index in [9.17, 15) is 0 Å². The number of rotatable bonds is 3. The van der Waals surface area contributed by atoms with Gasteiger partial charge in [0.05, 0.1) is 10.7 Å². The summed E-state index contributed by atoms with van der Waals surface area (Å²) in [7, 11) is 0. The van der Waals surface area contributed by atoms with E-state index in [1.54, 1.807) is 18.6 Å². The van der Waals surface area contributed by atoms with E-state index in [1.807, 2.05) is 30.3 Å². The lowest BCUT2D eigenvalue weighted by atomic mass is 10.1. The summed E-state index contributed by atoms with van der Waals surface area (Å²) in [4.78, 5) is 21.8. The van der Waals surface area contributed by atoms with Gasteiger partial charge in [-0.05, 0) is 42.8 Å². The number of pyridine rings is 2. The average molecular weight is 401 g/mol. The number of hydrogen-bond acceptors (Lipinski definition) is 6. The van der Waals surface area contributed by atoms with Crippen molar-refractivity contribution in [3.05, 3.63) is 59.2 Å². The monoisotopic (exact) mass is 400 g/mol. The molecule has 1 aliphatic rings. The predicted octanol–water partition coefficient (Wildman–Crippen LogP) is 3.96. The Morgan fingerprint density at radius 3 is 2.67 bits per heavy atom. The van der Waals surface area contributed by atoms with Crippen LogP contribution in [0.25, 0.3) is 11.3 Å². The van der Waals surface area contributed by atoms with Gasteiger partial charge >= 0.3 is 0 Å². The minimum atomic E-state index is 0.213. The van der Waals surface area contributed by atoms with Crippen LogP contribution in [0.3, 0.4) is 0 Å². The van der Waals surface area contributed by atoms with Gasteiger partial charge in [0.2, 0.25) is 5.28 Å². The van der Waals surface area contributed by atoms with Crippen LogP contribution in [0.5, 0.6) is 0 Å². The van der Waals surface area contributed by atoms with Crippen LogP contribution in [0.15, 0.2) is 48.9 Å². The SMILES string of the molecule is CC1CN(c2ncccc2Cl)CCN1c1cc(-c2cccnc2)nc(Cl)n1. The van der Waals surface area contributed by atoms with Crippen molar-refractivity contribution in [1.82, 2.24) is 19.9 Å². The molecule has 27 heavy (non-hydrogen) atoms. The van der Waals surface area contributed by atoms with Crippen molar-refractivity contribution in [3.8, 4) is 11.3 Å². The van der Waals surface area contributed by atoms with E-state index in [2.05, 4.69) is 36.7 Å². The lowest BCUT2D eigenvalue weighted by molar-refractivity contribution is 0.542. The van der Waals surface area contributed by atoms with Gasteiger partial charge in [0.15, 0.2) is 0 Å². The molecule has 4 rings (SSSR count). The molecule has 8 heteroatoms. The van der Waals surface area contributed by atoms with Crippen LogP contribution >= 0.6 is 23.2 Å². The van der Waals surface area contributed by atoms with Gasteiger partial charge in [-0.2, -0.15) is 0 Å². The zero-order valence-corrected chi connectivity index (χ0v) is 16.3. The molecule has 0 radical (unpaired) electrons. The van der Waals surface area contributed by atoms with Gasteiger partial charge in [-0.3, -0.25) is 4.98 Å². The summed E-state index contributed by atoms with van der Waals surface area (Å²) < 4.78 is 0. The molecule has 6 nitrogen and oxygen atoms in total. The molecule has 0 aliphatic carbocycles. The fourth-order valence-electron chi connectivity index (χ4n) is 3.32. The van der Waals surface area contributed by atoms with Gasteiger partial charge in [0.25, 0.3) is 0 Å². The molecule has 1 saturated heterocycles. The van der Waals surface area contributed by atoms with Crippen molar-refractivity contribution >= 4 is 34.8 Å². The molecule has 3 aromatic heterocycles. The van der Waals surface area contributed by atoms with Gasteiger partial charge in [0.1, 0.15) is 11.6 Å². The van der Waals surface area contributed by atoms with Gasteiger partial charge in [-0.25, -0.2) is 15.0 Å². The number of piperazine rings is 1. The maximum Gasteiger partial charge on any atom is 0.224 e. The third kappa shape index (κ3) is 3.82. The molecule has 0 saturated carbocycles. The molecular formula is C19H18Cl2N6. The van der Waals surface area contributed by atoms with E-state index in [1.165, 1.54) is 0 Å². The summed E-state index contributed by atoms with van der Waals surface area (Å²) in [6.07, 6.45) is 5.27.